The van der Waals surface area contributed by atoms with Crippen molar-refractivity contribution in [3.63, 3.8) is 0 Å². The molecule has 0 unspecified atom stereocenters. The standard InChI is InChI=1S/C14H21NO3S2/c1-9(2)20(16,17)6-5-18-13-10(3)7-12(14(15)19)8-11(13)4/h7-9H,5-6H2,1-4H3,(H2,15,19). The topological polar surface area (TPSA) is 69.4 Å². The Balaban J connectivity index is 2.82. The maximum absolute atomic E-state index is 11.7. The van der Waals surface area contributed by atoms with E-state index in [4.69, 9.17) is 22.7 Å². The molecule has 0 atom stereocenters. The van der Waals surface area contributed by atoms with Crippen molar-refractivity contribution in [3.05, 3.63) is 28.8 Å². The Bertz CT molecular complexity index is 584. The minimum Gasteiger partial charge on any atom is -0.492 e. The molecular weight excluding hydrogens is 294 g/mol. The average molecular weight is 315 g/mol. The largest absolute Gasteiger partial charge is 0.492 e. The molecule has 0 aliphatic carbocycles. The number of thiocarbonyl (C=S) groups is 1. The minimum absolute atomic E-state index is 0.0145. The zero-order valence-electron chi connectivity index (χ0n) is 12.3. The zero-order chi connectivity index (χ0) is 15.5. The van der Waals surface area contributed by atoms with Gasteiger partial charge in [0, 0.05) is 5.56 Å². The smallest absolute Gasteiger partial charge is 0.155 e. The molecule has 0 aromatic heterocycles. The number of nitrogens with two attached hydrogens (primary N) is 1. The molecule has 4 nitrogen and oxygen atoms in total. The van der Waals surface area contributed by atoms with Crippen LogP contribution in [0.4, 0.5) is 0 Å². The molecule has 0 saturated carbocycles. The molecule has 2 N–H and O–H groups in total. The Labute approximate surface area is 126 Å². The van der Waals surface area contributed by atoms with Crippen molar-refractivity contribution in [2.75, 3.05) is 12.4 Å². The van der Waals surface area contributed by atoms with Gasteiger partial charge in [-0.1, -0.05) is 12.2 Å². The van der Waals surface area contributed by atoms with Crippen molar-refractivity contribution in [1.82, 2.24) is 0 Å². The van der Waals surface area contributed by atoms with E-state index in [1.807, 2.05) is 26.0 Å². The van der Waals surface area contributed by atoms with Gasteiger partial charge in [-0.25, -0.2) is 8.42 Å². The van der Waals surface area contributed by atoms with Gasteiger partial charge in [-0.2, -0.15) is 0 Å². The Hall–Kier alpha value is -1.14. The van der Waals surface area contributed by atoms with E-state index in [9.17, 15) is 8.42 Å². The lowest BCUT2D eigenvalue weighted by Gasteiger charge is -2.14. The number of aryl methyl sites for hydroxylation is 2. The van der Waals surface area contributed by atoms with Gasteiger partial charge in [0.05, 0.1) is 11.0 Å². The number of rotatable bonds is 6. The molecule has 6 heteroatoms. The first-order chi connectivity index (χ1) is 9.15. The van der Waals surface area contributed by atoms with Crippen LogP contribution in [0.5, 0.6) is 5.75 Å². The van der Waals surface area contributed by atoms with Crippen LogP contribution >= 0.6 is 12.2 Å². The van der Waals surface area contributed by atoms with Crippen LogP contribution in [0.2, 0.25) is 0 Å². The Morgan fingerprint density at radius 1 is 1.30 bits per heavy atom. The quantitative estimate of drug-likeness (QED) is 0.815. The Kier molecular flexibility index (Phi) is 5.53. The summed E-state index contributed by atoms with van der Waals surface area (Å²) >= 11 is 4.95. The first kappa shape index (κ1) is 16.9. The highest BCUT2D eigenvalue weighted by Crippen LogP contribution is 2.25. The normalized spacial score (nSPS) is 11.7. The highest BCUT2D eigenvalue weighted by Gasteiger charge is 2.16. The molecule has 0 heterocycles. The van der Waals surface area contributed by atoms with Crippen LogP contribution in [0.15, 0.2) is 12.1 Å². The highest BCUT2D eigenvalue weighted by atomic mass is 32.2. The third-order valence-electron chi connectivity index (χ3n) is 3.08. The molecule has 0 fully saturated rings. The summed E-state index contributed by atoms with van der Waals surface area (Å²) in [7, 11) is -3.08. The van der Waals surface area contributed by atoms with Crippen LogP contribution in [0.1, 0.15) is 30.5 Å². The third-order valence-corrected chi connectivity index (χ3v) is 5.49. The first-order valence-corrected chi connectivity index (χ1v) is 8.53. The highest BCUT2D eigenvalue weighted by molar-refractivity contribution is 7.92. The van der Waals surface area contributed by atoms with E-state index in [-0.39, 0.29) is 17.6 Å². The summed E-state index contributed by atoms with van der Waals surface area (Å²) in [5.74, 6) is 0.713. The summed E-state index contributed by atoms with van der Waals surface area (Å²) in [5, 5.41) is -0.384. The molecular formula is C14H21NO3S2. The number of benzene rings is 1. The lowest BCUT2D eigenvalue weighted by Crippen LogP contribution is -2.22. The van der Waals surface area contributed by atoms with E-state index >= 15 is 0 Å². The summed E-state index contributed by atoms with van der Waals surface area (Å²) in [6.07, 6.45) is 0. The summed E-state index contributed by atoms with van der Waals surface area (Å²) in [6, 6.07) is 3.70. The van der Waals surface area contributed by atoms with Gasteiger partial charge in [-0.3, -0.25) is 0 Å². The lowest BCUT2D eigenvalue weighted by atomic mass is 10.1. The molecule has 0 amide bonds. The third kappa shape index (κ3) is 4.18. The second-order valence-electron chi connectivity index (χ2n) is 5.07. The molecule has 0 bridgehead atoms. The van der Waals surface area contributed by atoms with Crippen LogP contribution < -0.4 is 10.5 Å². The Morgan fingerprint density at radius 2 is 1.80 bits per heavy atom. The van der Waals surface area contributed by atoms with E-state index in [1.165, 1.54) is 0 Å². The molecule has 112 valence electrons. The predicted molar refractivity (Wildman–Crippen MR) is 86.2 cm³/mol. The van der Waals surface area contributed by atoms with Crippen molar-refractivity contribution < 1.29 is 13.2 Å². The number of sulfone groups is 1. The van der Waals surface area contributed by atoms with Crippen molar-refractivity contribution in [2.24, 2.45) is 5.73 Å². The average Bonchev–Trinajstić information content (AvgIpc) is 2.31. The summed E-state index contributed by atoms with van der Waals surface area (Å²) in [5.41, 5.74) is 8.19. The molecule has 0 saturated heterocycles. The van der Waals surface area contributed by atoms with Gasteiger partial charge in [-0.15, -0.1) is 0 Å². The second-order valence-corrected chi connectivity index (χ2v) is 8.18. The predicted octanol–water partition coefficient (Wildman–Crippen LogP) is 2.14. The van der Waals surface area contributed by atoms with E-state index in [1.54, 1.807) is 13.8 Å². The zero-order valence-corrected chi connectivity index (χ0v) is 13.9. The van der Waals surface area contributed by atoms with Crippen LogP contribution in [-0.4, -0.2) is 31.0 Å². The van der Waals surface area contributed by atoms with Gasteiger partial charge in [0.2, 0.25) is 0 Å². The number of hydrogen-bond acceptors (Lipinski definition) is 4. The molecule has 0 spiro atoms. The fraction of sp³-hybridized carbons (Fsp3) is 0.500. The maximum Gasteiger partial charge on any atom is 0.155 e. The monoisotopic (exact) mass is 315 g/mol. The fourth-order valence-electron chi connectivity index (χ4n) is 1.82. The van der Waals surface area contributed by atoms with Crippen LogP contribution in [0.3, 0.4) is 0 Å². The summed E-state index contributed by atoms with van der Waals surface area (Å²) in [4.78, 5) is 0.338. The van der Waals surface area contributed by atoms with E-state index in [0.29, 0.717) is 10.7 Å². The van der Waals surface area contributed by atoms with Gasteiger partial charge in [0.15, 0.2) is 9.84 Å². The van der Waals surface area contributed by atoms with Crippen LogP contribution in [-0.2, 0) is 9.84 Å². The van der Waals surface area contributed by atoms with Crippen molar-refractivity contribution in [2.45, 2.75) is 32.9 Å². The Morgan fingerprint density at radius 3 is 2.20 bits per heavy atom. The number of hydrogen-bond donors (Lipinski definition) is 1. The van der Waals surface area contributed by atoms with Crippen molar-refractivity contribution in [1.29, 1.82) is 0 Å². The van der Waals surface area contributed by atoms with Gasteiger partial charge in [-0.05, 0) is 51.0 Å². The van der Waals surface area contributed by atoms with Crippen molar-refractivity contribution >= 4 is 27.0 Å². The molecule has 0 aliphatic heterocycles. The minimum atomic E-state index is -3.08. The molecule has 1 aromatic rings. The SMILES string of the molecule is Cc1cc(C(N)=S)cc(C)c1OCCS(=O)(=O)C(C)C. The summed E-state index contributed by atoms with van der Waals surface area (Å²) in [6.45, 7) is 7.27. The fourth-order valence-corrected chi connectivity index (χ4v) is 2.72. The molecule has 0 radical (unpaired) electrons. The molecule has 0 aliphatic rings. The van der Waals surface area contributed by atoms with Gasteiger partial charge in [0.1, 0.15) is 17.3 Å². The molecule has 1 aromatic carbocycles. The van der Waals surface area contributed by atoms with Crippen molar-refractivity contribution in [3.8, 4) is 5.75 Å². The summed E-state index contributed by atoms with van der Waals surface area (Å²) < 4.78 is 29.1. The van der Waals surface area contributed by atoms with E-state index < -0.39 is 9.84 Å². The van der Waals surface area contributed by atoms with Gasteiger partial charge >= 0.3 is 0 Å². The molecule has 1 rings (SSSR count). The van der Waals surface area contributed by atoms with E-state index in [2.05, 4.69) is 0 Å². The maximum atomic E-state index is 11.7. The van der Waals surface area contributed by atoms with Gasteiger partial charge in [0.25, 0.3) is 0 Å². The number of ether oxygens (including phenoxy) is 1. The van der Waals surface area contributed by atoms with Crippen LogP contribution in [0.25, 0.3) is 0 Å². The van der Waals surface area contributed by atoms with Gasteiger partial charge < -0.3 is 10.5 Å². The molecule has 20 heavy (non-hydrogen) atoms. The van der Waals surface area contributed by atoms with Crippen LogP contribution in [0, 0.1) is 13.8 Å². The lowest BCUT2D eigenvalue weighted by molar-refractivity contribution is 0.336. The van der Waals surface area contributed by atoms with E-state index in [0.717, 1.165) is 16.7 Å². The second kappa shape index (κ2) is 6.54. The first-order valence-electron chi connectivity index (χ1n) is 6.40.